The third kappa shape index (κ3) is 4.55. The average Bonchev–Trinajstić information content (AvgIpc) is 2.96. The maximum atomic E-state index is 12.5. The van der Waals surface area contributed by atoms with Gasteiger partial charge in [0, 0.05) is 30.4 Å². The van der Waals surface area contributed by atoms with Crippen molar-refractivity contribution in [2.24, 2.45) is 0 Å². The van der Waals surface area contributed by atoms with E-state index in [9.17, 15) is 19.2 Å². The van der Waals surface area contributed by atoms with E-state index in [0.29, 0.717) is 22.0 Å². The second-order valence-electron chi connectivity index (χ2n) is 6.40. The van der Waals surface area contributed by atoms with Crippen molar-refractivity contribution in [3.05, 3.63) is 58.6 Å². The summed E-state index contributed by atoms with van der Waals surface area (Å²) in [6, 6.07) is 11.4. The van der Waals surface area contributed by atoms with E-state index in [1.54, 1.807) is 42.5 Å². The Morgan fingerprint density at radius 1 is 0.964 bits per heavy atom. The number of rotatable bonds is 5. The van der Waals surface area contributed by atoms with Crippen molar-refractivity contribution in [1.29, 1.82) is 0 Å². The van der Waals surface area contributed by atoms with E-state index in [0.717, 1.165) is 5.56 Å². The summed E-state index contributed by atoms with van der Waals surface area (Å²) in [5.41, 5.74) is 1.95. The first-order chi connectivity index (χ1) is 13.3. The van der Waals surface area contributed by atoms with Crippen molar-refractivity contribution in [3.8, 4) is 0 Å². The molecule has 0 radical (unpaired) electrons. The lowest BCUT2D eigenvalue weighted by atomic mass is 10.1. The van der Waals surface area contributed by atoms with Crippen LogP contribution in [0, 0.1) is 0 Å². The predicted octanol–water partition coefficient (Wildman–Crippen LogP) is 3.20. The Morgan fingerprint density at radius 2 is 1.61 bits per heavy atom. The summed E-state index contributed by atoms with van der Waals surface area (Å²) < 4.78 is 0. The normalized spacial score (nSPS) is 13.6. The van der Waals surface area contributed by atoms with Gasteiger partial charge in [-0.2, -0.15) is 0 Å². The van der Waals surface area contributed by atoms with Crippen LogP contribution < -0.4 is 10.6 Å². The number of imide groups is 1. The molecule has 0 bridgehead atoms. The average molecular weight is 400 g/mol. The Labute approximate surface area is 166 Å². The minimum absolute atomic E-state index is 0.182. The third-order valence-electron chi connectivity index (χ3n) is 4.25. The summed E-state index contributed by atoms with van der Waals surface area (Å²) in [5.74, 6) is -1.02. The van der Waals surface area contributed by atoms with Crippen LogP contribution in [-0.4, -0.2) is 28.5 Å². The first kappa shape index (κ1) is 19.6. The van der Waals surface area contributed by atoms with Gasteiger partial charge in [0.05, 0.1) is 17.9 Å². The smallest absolute Gasteiger partial charge is 0.255 e. The number of nitrogens with one attached hydrogen (secondary N) is 2. The fourth-order valence-corrected chi connectivity index (χ4v) is 3.03. The van der Waals surface area contributed by atoms with Crippen LogP contribution in [0.2, 0.25) is 5.02 Å². The topological polar surface area (TPSA) is 95.6 Å². The van der Waals surface area contributed by atoms with Gasteiger partial charge in [-0.05, 0) is 35.9 Å². The Bertz CT molecular complexity index is 940. The zero-order chi connectivity index (χ0) is 20.3. The summed E-state index contributed by atoms with van der Waals surface area (Å²) in [4.78, 5) is 48.5. The maximum absolute atomic E-state index is 12.5. The molecule has 7 nitrogen and oxygen atoms in total. The van der Waals surface area contributed by atoms with Gasteiger partial charge in [-0.1, -0.05) is 23.7 Å². The number of halogens is 1. The van der Waals surface area contributed by atoms with Crippen molar-refractivity contribution in [2.75, 3.05) is 10.6 Å². The number of hydrogen-bond acceptors (Lipinski definition) is 4. The lowest BCUT2D eigenvalue weighted by molar-refractivity contribution is -0.139. The van der Waals surface area contributed by atoms with E-state index >= 15 is 0 Å². The number of carbonyl (C=O) groups is 4. The van der Waals surface area contributed by atoms with Crippen LogP contribution in [-0.2, 0) is 20.9 Å². The molecule has 1 saturated heterocycles. The predicted molar refractivity (Wildman–Crippen MR) is 105 cm³/mol. The second-order valence-corrected chi connectivity index (χ2v) is 6.83. The first-order valence-corrected chi connectivity index (χ1v) is 9.02. The Morgan fingerprint density at radius 3 is 2.21 bits per heavy atom. The lowest BCUT2D eigenvalue weighted by Gasteiger charge is -2.14. The van der Waals surface area contributed by atoms with Gasteiger partial charge in [0.15, 0.2) is 0 Å². The molecule has 2 aromatic carbocycles. The summed E-state index contributed by atoms with van der Waals surface area (Å²) in [7, 11) is 0. The number of amides is 4. The summed E-state index contributed by atoms with van der Waals surface area (Å²) in [6.45, 7) is 1.56. The summed E-state index contributed by atoms with van der Waals surface area (Å²) in [6.07, 6.45) is 0.491. The van der Waals surface area contributed by atoms with Gasteiger partial charge >= 0.3 is 0 Å². The van der Waals surface area contributed by atoms with Crippen molar-refractivity contribution in [1.82, 2.24) is 4.90 Å². The van der Waals surface area contributed by atoms with E-state index in [1.807, 2.05) is 0 Å². The molecule has 144 valence electrons. The molecule has 2 aromatic rings. The number of benzene rings is 2. The van der Waals surface area contributed by atoms with Gasteiger partial charge in [-0.25, -0.2) is 0 Å². The van der Waals surface area contributed by atoms with E-state index in [2.05, 4.69) is 10.6 Å². The van der Waals surface area contributed by atoms with Gasteiger partial charge in [-0.3, -0.25) is 24.1 Å². The van der Waals surface area contributed by atoms with Crippen LogP contribution in [0.1, 0.15) is 35.7 Å². The van der Waals surface area contributed by atoms with Crippen LogP contribution >= 0.6 is 11.6 Å². The monoisotopic (exact) mass is 399 g/mol. The maximum Gasteiger partial charge on any atom is 0.255 e. The number of anilines is 2. The Hall–Kier alpha value is -3.19. The quantitative estimate of drug-likeness (QED) is 0.754. The van der Waals surface area contributed by atoms with Gasteiger partial charge in [0.2, 0.25) is 17.7 Å². The number of nitrogens with zero attached hydrogens (tertiary/aromatic N) is 1. The van der Waals surface area contributed by atoms with Crippen molar-refractivity contribution >= 4 is 46.6 Å². The molecule has 0 saturated carbocycles. The summed E-state index contributed by atoms with van der Waals surface area (Å²) in [5, 5.41) is 5.77. The highest BCUT2D eigenvalue weighted by Gasteiger charge is 2.28. The van der Waals surface area contributed by atoms with Gasteiger partial charge in [-0.15, -0.1) is 0 Å². The lowest BCUT2D eigenvalue weighted by Crippen LogP contribution is -2.28. The molecule has 0 aliphatic carbocycles. The fourth-order valence-electron chi connectivity index (χ4n) is 2.86. The number of likely N-dealkylation sites (tertiary alicyclic amines) is 1. The molecule has 8 heteroatoms. The van der Waals surface area contributed by atoms with Crippen LogP contribution in [0.3, 0.4) is 0 Å². The molecular weight excluding hydrogens is 382 g/mol. The molecule has 0 unspecified atom stereocenters. The largest absolute Gasteiger partial charge is 0.325 e. The van der Waals surface area contributed by atoms with Crippen LogP contribution in [0.25, 0.3) is 0 Å². The van der Waals surface area contributed by atoms with Gasteiger partial charge in [0.1, 0.15) is 0 Å². The Kier molecular flexibility index (Phi) is 5.75. The molecule has 4 amide bonds. The number of carbonyl (C=O) groups excluding carboxylic acids is 4. The molecular formula is C20H18ClN3O4. The minimum Gasteiger partial charge on any atom is -0.325 e. The van der Waals surface area contributed by atoms with Crippen LogP contribution in [0.4, 0.5) is 11.4 Å². The zero-order valence-corrected chi connectivity index (χ0v) is 15.9. The van der Waals surface area contributed by atoms with E-state index < -0.39 is 0 Å². The highest BCUT2D eigenvalue weighted by Crippen LogP contribution is 2.26. The zero-order valence-electron chi connectivity index (χ0n) is 15.1. The molecule has 0 atom stereocenters. The molecule has 1 heterocycles. The molecule has 1 aliphatic heterocycles. The highest BCUT2D eigenvalue weighted by atomic mass is 35.5. The van der Waals surface area contributed by atoms with E-state index in [1.165, 1.54) is 11.8 Å². The van der Waals surface area contributed by atoms with Crippen molar-refractivity contribution in [2.45, 2.75) is 26.3 Å². The minimum atomic E-state index is -0.381. The molecule has 28 heavy (non-hydrogen) atoms. The Balaban J connectivity index is 1.72. The first-order valence-electron chi connectivity index (χ1n) is 8.64. The molecule has 1 aliphatic rings. The highest BCUT2D eigenvalue weighted by molar-refractivity contribution is 6.31. The molecule has 1 fully saturated rings. The summed E-state index contributed by atoms with van der Waals surface area (Å²) >= 11 is 5.98. The standard InChI is InChI=1S/C20H18ClN3O4/c1-12(25)22-16-7-6-15(21)10-17(16)23-20(28)14-4-2-13(3-5-14)11-24-18(26)8-9-19(24)27/h2-7,10H,8-9,11H2,1H3,(H,22,25)(H,23,28). The molecule has 0 spiro atoms. The van der Waals surface area contributed by atoms with Gasteiger partial charge in [0.25, 0.3) is 5.91 Å². The SMILES string of the molecule is CC(=O)Nc1ccc(Cl)cc1NC(=O)c1ccc(CN2C(=O)CCC2=O)cc1. The van der Waals surface area contributed by atoms with Gasteiger partial charge < -0.3 is 10.6 Å². The van der Waals surface area contributed by atoms with Crippen molar-refractivity contribution in [3.63, 3.8) is 0 Å². The van der Waals surface area contributed by atoms with Crippen LogP contribution in [0.15, 0.2) is 42.5 Å². The fraction of sp³-hybridized carbons (Fsp3) is 0.200. The number of hydrogen-bond donors (Lipinski definition) is 2. The third-order valence-corrected chi connectivity index (χ3v) is 4.49. The van der Waals surface area contributed by atoms with E-state index in [4.69, 9.17) is 11.6 Å². The van der Waals surface area contributed by atoms with Crippen molar-refractivity contribution < 1.29 is 19.2 Å². The molecule has 3 rings (SSSR count). The molecule has 2 N–H and O–H groups in total. The molecule has 0 aromatic heterocycles. The van der Waals surface area contributed by atoms with E-state index in [-0.39, 0.29) is 43.0 Å². The van der Waals surface area contributed by atoms with Crippen LogP contribution in [0.5, 0.6) is 0 Å². The second kappa shape index (κ2) is 8.22.